The monoisotopic (exact) mass is 321 g/mol. The summed E-state index contributed by atoms with van der Waals surface area (Å²) in [6.45, 7) is 0. The number of hydrogen-bond acceptors (Lipinski definition) is 3. The molecule has 100 valence electrons. The summed E-state index contributed by atoms with van der Waals surface area (Å²) < 4.78 is 36.1. The number of carbonyl (C=O) groups excluding carboxylic acids is 1. The second-order valence-electron chi connectivity index (χ2n) is 3.02. The van der Waals surface area contributed by atoms with Crippen LogP contribution in [0, 0.1) is 0 Å². The van der Waals surface area contributed by atoms with Gasteiger partial charge in [-0.1, -0.05) is 23.2 Å². The number of aliphatic carboxylic acids is 1. The zero-order chi connectivity index (χ0) is 14.1. The van der Waals surface area contributed by atoms with Crippen LogP contribution in [0.4, 0.5) is 13.2 Å². The van der Waals surface area contributed by atoms with Crippen molar-refractivity contribution in [3.8, 4) is 0 Å². The highest BCUT2D eigenvalue weighted by Crippen LogP contribution is 2.35. The smallest absolute Gasteiger partial charge is 0.471 e. The molecule has 4 nitrogen and oxygen atoms in total. The Morgan fingerprint density at radius 1 is 1.39 bits per heavy atom. The van der Waals surface area contributed by atoms with E-state index in [0.29, 0.717) is 0 Å². The number of carboxylic acids is 1. The fraction of sp³-hybridized carbons (Fsp3) is 0.250. The molecule has 0 saturated carbocycles. The Morgan fingerprint density at radius 2 is 1.94 bits per heavy atom. The first-order valence-corrected chi connectivity index (χ1v) is 5.75. The molecule has 0 aromatic carbocycles. The number of rotatable bonds is 3. The van der Waals surface area contributed by atoms with Gasteiger partial charge in [-0.15, -0.1) is 11.3 Å². The second-order valence-corrected chi connectivity index (χ2v) is 5.31. The molecule has 0 bridgehead atoms. The molecule has 0 spiro atoms. The lowest BCUT2D eigenvalue weighted by Gasteiger charge is -2.15. The number of thiophene rings is 1. The van der Waals surface area contributed by atoms with Crippen molar-refractivity contribution < 1.29 is 27.9 Å². The maximum atomic E-state index is 12.0. The quantitative estimate of drug-likeness (QED) is 0.899. The van der Waals surface area contributed by atoms with Gasteiger partial charge in [0, 0.05) is 5.56 Å². The minimum Gasteiger partial charge on any atom is -0.479 e. The van der Waals surface area contributed by atoms with Crippen molar-refractivity contribution in [2.45, 2.75) is 12.2 Å². The Morgan fingerprint density at radius 3 is 2.28 bits per heavy atom. The van der Waals surface area contributed by atoms with Gasteiger partial charge >= 0.3 is 18.1 Å². The third-order valence-electron chi connectivity index (χ3n) is 1.77. The van der Waals surface area contributed by atoms with Crippen molar-refractivity contribution in [1.82, 2.24) is 5.32 Å². The largest absolute Gasteiger partial charge is 0.479 e. The van der Waals surface area contributed by atoms with Gasteiger partial charge in [-0.25, -0.2) is 4.79 Å². The maximum absolute atomic E-state index is 12.0. The number of alkyl halides is 3. The van der Waals surface area contributed by atoms with Gasteiger partial charge in [-0.05, 0) is 6.07 Å². The summed E-state index contributed by atoms with van der Waals surface area (Å²) in [5.41, 5.74) is -0.197. The van der Waals surface area contributed by atoms with Crippen molar-refractivity contribution in [2.24, 2.45) is 0 Å². The van der Waals surface area contributed by atoms with Crippen LogP contribution in [-0.2, 0) is 9.59 Å². The van der Waals surface area contributed by atoms with Gasteiger partial charge in [0.2, 0.25) is 0 Å². The molecule has 1 aromatic heterocycles. The first-order valence-electron chi connectivity index (χ1n) is 4.18. The predicted octanol–water partition coefficient (Wildman–Crippen LogP) is 2.86. The van der Waals surface area contributed by atoms with Gasteiger partial charge in [-0.3, -0.25) is 4.79 Å². The topological polar surface area (TPSA) is 66.4 Å². The van der Waals surface area contributed by atoms with Crippen molar-refractivity contribution in [3.05, 3.63) is 20.3 Å². The van der Waals surface area contributed by atoms with Crippen LogP contribution in [0.5, 0.6) is 0 Å². The number of halogens is 5. The molecule has 1 rings (SSSR count). The maximum Gasteiger partial charge on any atom is 0.471 e. The molecule has 1 heterocycles. The molecular formula is C8H4Cl2F3NO3S. The van der Waals surface area contributed by atoms with E-state index in [1.165, 1.54) is 5.32 Å². The first kappa shape index (κ1) is 15.1. The van der Waals surface area contributed by atoms with Crippen LogP contribution in [0.15, 0.2) is 6.07 Å². The van der Waals surface area contributed by atoms with E-state index in [1.54, 1.807) is 0 Å². The van der Waals surface area contributed by atoms with Crippen LogP contribution in [0.25, 0.3) is 0 Å². The number of hydrogen-bond donors (Lipinski definition) is 2. The second kappa shape index (κ2) is 5.33. The average molecular weight is 322 g/mol. The summed E-state index contributed by atoms with van der Waals surface area (Å²) >= 11 is 12.0. The molecule has 0 aliphatic rings. The fourth-order valence-electron chi connectivity index (χ4n) is 1.04. The summed E-state index contributed by atoms with van der Waals surface area (Å²) in [5, 5.41) is 10.1. The molecule has 1 atom stereocenters. The Labute approximate surface area is 112 Å². The van der Waals surface area contributed by atoms with Crippen molar-refractivity contribution in [3.63, 3.8) is 0 Å². The Hall–Kier alpha value is -0.990. The first-order chi connectivity index (χ1) is 8.12. The van der Waals surface area contributed by atoms with E-state index in [0.717, 1.165) is 17.4 Å². The normalized spacial score (nSPS) is 13.2. The van der Waals surface area contributed by atoms with Gasteiger partial charge < -0.3 is 10.4 Å². The van der Waals surface area contributed by atoms with Gasteiger partial charge in [0.15, 0.2) is 6.04 Å². The molecule has 0 aliphatic carbocycles. The van der Waals surface area contributed by atoms with E-state index in [1.807, 2.05) is 0 Å². The molecule has 0 radical (unpaired) electrons. The summed E-state index contributed by atoms with van der Waals surface area (Å²) in [4.78, 5) is 21.5. The molecule has 18 heavy (non-hydrogen) atoms. The Balaban J connectivity index is 3.02. The molecule has 1 unspecified atom stereocenters. The van der Waals surface area contributed by atoms with E-state index in [9.17, 15) is 22.8 Å². The number of nitrogens with one attached hydrogen (secondary N) is 1. The van der Waals surface area contributed by atoms with Gasteiger partial charge in [0.05, 0.1) is 4.34 Å². The van der Waals surface area contributed by atoms with Gasteiger partial charge in [-0.2, -0.15) is 13.2 Å². The third-order valence-corrected chi connectivity index (χ3v) is 3.29. The van der Waals surface area contributed by atoms with E-state index in [-0.39, 0.29) is 14.2 Å². The molecule has 1 aromatic rings. The zero-order valence-electron chi connectivity index (χ0n) is 8.22. The molecule has 2 N–H and O–H groups in total. The van der Waals surface area contributed by atoms with Gasteiger partial charge in [0.25, 0.3) is 0 Å². The molecule has 0 aliphatic heterocycles. The Bertz CT molecular complexity index is 488. The molecule has 0 saturated heterocycles. The molecule has 1 amide bonds. The minimum atomic E-state index is -5.18. The van der Waals surface area contributed by atoms with Crippen LogP contribution >= 0.6 is 34.5 Å². The Kier molecular flexibility index (Phi) is 4.46. The lowest BCUT2D eigenvalue weighted by Crippen LogP contribution is -2.41. The van der Waals surface area contributed by atoms with E-state index in [4.69, 9.17) is 28.3 Å². The highest BCUT2D eigenvalue weighted by Gasteiger charge is 2.41. The summed E-state index contributed by atoms with van der Waals surface area (Å²) in [5.74, 6) is -4.04. The SMILES string of the molecule is O=C(O)C(NC(=O)C(F)(F)F)c1cc(Cl)sc1Cl. The molecule has 10 heteroatoms. The molecular weight excluding hydrogens is 318 g/mol. The van der Waals surface area contributed by atoms with Crippen LogP contribution < -0.4 is 5.32 Å². The lowest BCUT2D eigenvalue weighted by atomic mass is 10.1. The number of carbonyl (C=O) groups is 2. The lowest BCUT2D eigenvalue weighted by molar-refractivity contribution is -0.175. The summed E-state index contributed by atoms with van der Waals surface area (Å²) in [7, 11) is 0. The predicted molar refractivity (Wildman–Crippen MR) is 58.9 cm³/mol. The van der Waals surface area contributed by atoms with Crippen molar-refractivity contribution in [2.75, 3.05) is 0 Å². The fourth-order valence-corrected chi connectivity index (χ4v) is 2.57. The zero-order valence-corrected chi connectivity index (χ0v) is 10.5. The van der Waals surface area contributed by atoms with E-state index >= 15 is 0 Å². The van der Waals surface area contributed by atoms with Crippen LogP contribution in [0.1, 0.15) is 11.6 Å². The average Bonchev–Trinajstić information content (AvgIpc) is 2.51. The standard InChI is InChI=1S/C8H4Cl2F3NO3S/c9-3-1-2(5(10)18-3)4(6(15)16)14-7(17)8(11,12)13/h1,4H,(H,14,17)(H,15,16). The third kappa shape index (κ3) is 3.50. The minimum absolute atomic E-state index is 0.0995. The highest BCUT2D eigenvalue weighted by molar-refractivity contribution is 7.20. The van der Waals surface area contributed by atoms with Gasteiger partial charge in [0.1, 0.15) is 4.34 Å². The van der Waals surface area contributed by atoms with Crippen molar-refractivity contribution >= 4 is 46.4 Å². The highest BCUT2D eigenvalue weighted by atomic mass is 35.5. The van der Waals surface area contributed by atoms with E-state index in [2.05, 4.69) is 0 Å². The summed E-state index contributed by atoms with van der Waals surface area (Å²) in [6.07, 6.45) is -5.18. The van der Waals surface area contributed by atoms with Crippen LogP contribution in [0.2, 0.25) is 8.67 Å². The van der Waals surface area contributed by atoms with E-state index < -0.39 is 24.1 Å². The number of carboxylic acid groups (broad SMARTS) is 1. The number of amides is 1. The molecule has 0 fully saturated rings. The van der Waals surface area contributed by atoms with Crippen LogP contribution in [0.3, 0.4) is 0 Å². The summed E-state index contributed by atoms with van der Waals surface area (Å²) in [6, 6.07) is -0.820. The van der Waals surface area contributed by atoms with Crippen LogP contribution in [-0.4, -0.2) is 23.2 Å². The van der Waals surface area contributed by atoms with Crippen molar-refractivity contribution in [1.29, 1.82) is 0 Å².